The number of esters is 1. The highest BCUT2D eigenvalue weighted by Crippen LogP contribution is 2.46. The topological polar surface area (TPSA) is 124 Å². The van der Waals surface area contributed by atoms with Crippen molar-refractivity contribution in [3.8, 4) is 23.0 Å². The Morgan fingerprint density at radius 3 is 1.09 bits per heavy atom. The summed E-state index contributed by atoms with van der Waals surface area (Å²) in [5, 5.41) is 40.2. The Balaban J connectivity index is 1.34. The number of carbonyl (C=O) groups excluding carboxylic acids is 2. The third-order valence-corrected chi connectivity index (χ3v) is 12.8. The zero-order chi connectivity index (χ0) is 45.1. The number of benzene rings is 8. The Kier molecular flexibility index (Phi) is 11.7. The van der Waals surface area contributed by atoms with Crippen molar-refractivity contribution >= 4 is 19.6 Å². The van der Waals surface area contributed by atoms with Crippen LogP contribution in [0.25, 0.3) is 0 Å². The van der Waals surface area contributed by atoms with Gasteiger partial charge in [0.25, 0.3) is 0 Å². The standard InChI is InChI=1S/C56H47BO7/c1-37(58)39-8-10-43(11-9-39)55(53(63)64-36-38-6-4-3-5-7-38,44-14-12-40(13-15-44)54(2,41-20-28-49(59)29-21-41)42-22-30-50(60)31-23-42)45-16-18-46(19-17-45)56(57,47-24-32-51(61)33-25-47)48-26-34-52(62)35-27-48/h3-35,59-62H,36,57H2,1-2H3. The molecule has 64 heavy (non-hydrogen) atoms. The number of phenolic OH excluding ortho intramolecular Hbond substituents is 4. The van der Waals surface area contributed by atoms with Crippen LogP contribution in [-0.4, -0.2) is 40.0 Å². The summed E-state index contributed by atoms with van der Waals surface area (Å²) in [6.45, 7) is 3.61. The highest BCUT2D eigenvalue weighted by molar-refractivity contribution is 6.20. The summed E-state index contributed by atoms with van der Waals surface area (Å²) >= 11 is 0. The van der Waals surface area contributed by atoms with Crippen LogP contribution in [0.4, 0.5) is 0 Å². The van der Waals surface area contributed by atoms with E-state index in [2.05, 4.69) is 14.8 Å². The Bertz CT molecular complexity index is 2640. The summed E-state index contributed by atoms with van der Waals surface area (Å²) in [7, 11) is 2.08. The molecule has 1 atom stereocenters. The summed E-state index contributed by atoms with van der Waals surface area (Å²) < 4.78 is 6.35. The zero-order valence-corrected chi connectivity index (χ0v) is 35.8. The average Bonchev–Trinajstić information content (AvgIpc) is 3.32. The van der Waals surface area contributed by atoms with Gasteiger partial charge in [0.2, 0.25) is 0 Å². The monoisotopic (exact) mass is 842 g/mol. The first-order chi connectivity index (χ1) is 30.8. The number of ether oxygens (including phenoxy) is 1. The van der Waals surface area contributed by atoms with Gasteiger partial charge >= 0.3 is 5.97 Å². The van der Waals surface area contributed by atoms with E-state index in [1.807, 2.05) is 140 Å². The third-order valence-electron chi connectivity index (χ3n) is 12.8. The molecule has 0 aliphatic heterocycles. The molecular formula is C56H47BO7. The van der Waals surface area contributed by atoms with E-state index in [9.17, 15) is 25.2 Å². The average molecular weight is 843 g/mol. The summed E-state index contributed by atoms with van der Waals surface area (Å²) in [6.07, 6.45) is 0. The molecule has 4 N–H and O–H groups in total. The maximum atomic E-state index is 15.5. The number of hydrogen-bond donors (Lipinski definition) is 4. The van der Waals surface area contributed by atoms with E-state index in [0.29, 0.717) is 22.3 Å². The lowest BCUT2D eigenvalue weighted by molar-refractivity contribution is -0.148. The van der Waals surface area contributed by atoms with Crippen LogP contribution in [0.5, 0.6) is 23.0 Å². The lowest BCUT2D eigenvalue weighted by Gasteiger charge is -2.36. The van der Waals surface area contributed by atoms with Crippen LogP contribution in [0.3, 0.4) is 0 Å². The normalized spacial score (nSPS) is 12.5. The lowest BCUT2D eigenvalue weighted by atomic mass is 9.56. The van der Waals surface area contributed by atoms with Crippen LogP contribution in [0.15, 0.2) is 200 Å². The number of phenols is 4. The van der Waals surface area contributed by atoms with Crippen LogP contribution in [0.2, 0.25) is 0 Å². The predicted molar refractivity (Wildman–Crippen MR) is 252 cm³/mol. The van der Waals surface area contributed by atoms with Gasteiger partial charge in [-0.1, -0.05) is 152 Å². The first kappa shape index (κ1) is 42.8. The second-order valence-electron chi connectivity index (χ2n) is 16.5. The van der Waals surface area contributed by atoms with E-state index in [0.717, 1.165) is 38.9 Å². The van der Waals surface area contributed by atoms with Gasteiger partial charge in [-0.15, -0.1) is 0 Å². The van der Waals surface area contributed by atoms with Crippen LogP contribution in [0, 0.1) is 0 Å². The summed E-state index contributed by atoms with van der Waals surface area (Å²) in [5.74, 6) is -0.0769. The number of carbonyl (C=O) groups is 2. The van der Waals surface area contributed by atoms with Gasteiger partial charge in [0, 0.05) is 16.3 Å². The van der Waals surface area contributed by atoms with Gasteiger partial charge in [0.05, 0.1) is 0 Å². The fraction of sp³-hybridized carbons (Fsp3) is 0.107. The number of Topliss-reactive ketones (excluding diaryl/α,β-unsaturated/α-hetero) is 1. The molecule has 8 heteroatoms. The van der Waals surface area contributed by atoms with Gasteiger partial charge in [-0.05, 0) is 118 Å². The molecule has 0 amide bonds. The number of ketones is 1. The third kappa shape index (κ3) is 7.91. The fourth-order valence-electron chi connectivity index (χ4n) is 8.93. The van der Waals surface area contributed by atoms with Crippen molar-refractivity contribution in [2.75, 3.05) is 0 Å². The molecule has 1 unspecified atom stereocenters. The van der Waals surface area contributed by atoms with E-state index in [1.54, 1.807) is 60.7 Å². The van der Waals surface area contributed by atoms with Gasteiger partial charge in [0.1, 0.15) is 42.9 Å². The molecule has 0 radical (unpaired) electrons. The molecule has 8 aromatic carbocycles. The quantitative estimate of drug-likeness (QED) is 0.0394. The summed E-state index contributed by atoms with van der Waals surface area (Å²) in [5.41, 5.74) is 6.23. The van der Waals surface area contributed by atoms with Crippen molar-refractivity contribution < 1.29 is 34.8 Å². The summed E-state index contributed by atoms with van der Waals surface area (Å²) in [6, 6.07) is 60.6. The molecule has 0 bridgehead atoms. The number of hydrogen-bond acceptors (Lipinski definition) is 7. The predicted octanol–water partition coefficient (Wildman–Crippen LogP) is 10.1. The van der Waals surface area contributed by atoms with Crippen molar-refractivity contribution in [3.63, 3.8) is 0 Å². The van der Waals surface area contributed by atoms with Crippen molar-refractivity contribution in [2.24, 2.45) is 0 Å². The maximum absolute atomic E-state index is 15.5. The Labute approximate surface area is 374 Å². The van der Waals surface area contributed by atoms with Crippen LogP contribution in [-0.2, 0) is 32.3 Å². The highest BCUT2D eigenvalue weighted by Gasteiger charge is 2.46. The van der Waals surface area contributed by atoms with Gasteiger partial charge in [-0.2, -0.15) is 0 Å². The molecule has 0 aliphatic rings. The highest BCUT2D eigenvalue weighted by atomic mass is 16.5. The number of rotatable bonds is 13. The summed E-state index contributed by atoms with van der Waals surface area (Å²) in [4.78, 5) is 28.0. The Morgan fingerprint density at radius 1 is 0.438 bits per heavy atom. The minimum atomic E-state index is -1.55. The fourth-order valence-corrected chi connectivity index (χ4v) is 8.93. The first-order valence-corrected chi connectivity index (χ1v) is 21.1. The molecule has 0 spiro atoms. The van der Waals surface area contributed by atoms with Crippen LogP contribution in [0.1, 0.15) is 79.8 Å². The van der Waals surface area contributed by atoms with E-state index in [4.69, 9.17) is 4.74 Å². The molecule has 8 aromatic rings. The van der Waals surface area contributed by atoms with Gasteiger partial charge in [-0.3, -0.25) is 9.59 Å². The first-order valence-electron chi connectivity index (χ1n) is 21.1. The smallest absolute Gasteiger partial charge is 0.325 e. The second-order valence-corrected chi connectivity index (χ2v) is 16.5. The van der Waals surface area contributed by atoms with Crippen LogP contribution >= 0.6 is 0 Å². The molecule has 0 saturated heterocycles. The Hall–Kier alpha value is -7.84. The molecule has 7 nitrogen and oxygen atoms in total. The molecule has 8 rings (SSSR count). The van der Waals surface area contributed by atoms with Crippen molar-refractivity contribution in [1.29, 1.82) is 0 Å². The van der Waals surface area contributed by atoms with E-state index in [1.165, 1.54) is 6.92 Å². The largest absolute Gasteiger partial charge is 0.508 e. The molecule has 316 valence electrons. The molecule has 0 heterocycles. The van der Waals surface area contributed by atoms with E-state index >= 15 is 4.79 Å². The molecule has 0 fully saturated rings. The number of aromatic hydroxyl groups is 4. The molecule has 0 aliphatic carbocycles. The molecule has 0 saturated carbocycles. The maximum Gasteiger partial charge on any atom is 0.325 e. The van der Waals surface area contributed by atoms with Gasteiger partial charge in [-0.25, -0.2) is 0 Å². The van der Waals surface area contributed by atoms with E-state index < -0.39 is 22.1 Å². The molecular weight excluding hydrogens is 795 g/mol. The van der Waals surface area contributed by atoms with Crippen molar-refractivity contribution in [1.82, 2.24) is 0 Å². The van der Waals surface area contributed by atoms with Crippen molar-refractivity contribution in [3.05, 3.63) is 261 Å². The van der Waals surface area contributed by atoms with Gasteiger partial charge < -0.3 is 25.2 Å². The minimum Gasteiger partial charge on any atom is -0.508 e. The minimum absolute atomic E-state index is 0.0165. The van der Waals surface area contributed by atoms with E-state index in [-0.39, 0.29) is 35.4 Å². The second kappa shape index (κ2) is 17.5. The van der Waals surface area contributed by atoms with Crippen molar-refractivity contribution in [2.45, 2.75) is 36.6 Å². The SMILES string of the molecule is BC(c1ccc(O)cc1)(c1ccc(O)cc1)c1ccc(C(C(=O)OCc2ccccc2)(c2ccc(C(C)=O)cc2)c2ccc(C(C)(c3ccc(O)cc3)c3ccc(O)cc3)cc2)cc1. The Morgan fingerprint density at radius 2 is 0.734 bits per heavy atom. The lowest BCUT2D eigenvalue weighted by Crippen LogP contribution is -2.40. The molecule has 0 aromatic heterocycles. The van der Waals surface area contributed by atoms with Crippen LogP contribution < -0.4 is 0 Å². The van der Waals surface area contributed by atoms with Gasteiger partial charge in [0.15, 0.2) is 5.78 Å². The zero-order valence-electron chi connectivity index (χ0n) is 35.8.